The molecule has 0 radical (unpaired) electrons. The van der Waals surface area contributed by atoms with Crippen molar-refractivity contribution in [2.75, 3.05) is 6.61 Å². The predicted octanol–water partition coefficient (Wildman–Crippen LogP) is 10.8. The highest BCUT2D eigenvalue weighted by molar-refractivity contribution is 5.80. The predicted molar refractivity (Wildman–Crippen MR) is 210 cm³/mol. The molecule has 5 N–H and O–H groups in total. The van der Waals surface area contributed by atoms with Crippen molar-refractivity contribution in [3.63, 3.8) is 0 Å². The van der Waals surface area contributed by atoms with Gasteiger partial charge in [0, 0.05) is 0 Å². The minimum Gasteiger partial charge on any atom is -0.394 e. The third kappa shape index (κ3) is 32.4. The Hall–Kier alpha value is -1.21. The molecule has 290 valence electrons. The monoisotopic (exact) mass is 694 g/mol. The van der Waals surface area contributed by atoms with E-state index in [-0.39, 0.29) is 0 Å². The van der Waals surface area contributed by atoms with Gasteiger partial charge in [0.2, 0.25) is 5.91 Å². The number of aliphatic hydroxyl groups excluding tert-OH is 4. The van der Waals surface area contributed by atoms with Crippen molar-refractivity contribution in [2.45, 2.75) is 237 Å². The first kappa shape index (κ1) is 47.8. The summed E-state index contributed by atoms with van der Waals surface area (Å²) in [5, 5.41) is 43.6. The van der Waals surface area contributed by atoms with Crippen LogP contribution in [0.1, 0.15) is 213 Å². The molecular formula is C43H83NO5. The molecule has 0 aliphatic rings. The maximum atomic E-state index is 12.5. The zero-order valence-corrected chi connectivity index (χ0v) is 32.4. The van der Waals surface area contributed by atoms with Crippen molar-refractivity contribution in [3.8, 4) is 0 Å². The summed E-state index contributed by atoms with van der Waals surface area (Å²) in [5.41, 5.74) is 0. The quantitative estimate of drug-likeness (QED) is 0.0327. The standard InChI is InChI=1S/C43H83NO5/c1-3-5-7-9-11-13-15-17-19-20-21-23-24-26-28-30-32-34-36-40(46)42(48)39(38-45)44-43(49)41(47)37-35-33-31-29-27-25-22-18-16-14-12-10-8-6-4-2/h22,25,28,30,39-42,45-48H,3-21,23-24,26-27,29,31-38H2,1-2H3,(H,44,49)/b25-22-,30-28+. The van der Waals surface area contributed by atoms with Gasteiger partial charge in [0.05, 0.1) is 18.8 Å². The SMILES string of the molecule is CCCCCCCCC/C=C\CCCCCCC(O)C(=O)NC(CO)C(O)C(O)CCC/C=C/CCCCCCCCCCCCCCC. The molecular weight excluding hydrogens is 610 g/mol. The number of hydrogen-bond acceptors (Lipinski definition) is 5. The number of amides is 1. The summed E-state index contributed by atoms with van der Waals surface area (Å²) in [6.45, 7) is 4.03. The molecule has 0 rings (SSSR count). The number of carbonyl (C=O) groups excluding carboxylic acids is 1. The lowest BCUT2D eigenvalue weighted by atomic mass is 10.00. The van der Waals surface area contributed by atoms with Gasteiger partial charge in [0.15, 0.2) is 0 Å². The first-order valence-electron chi connectivity index (χ1n) is 21.2. The van der Waals surface area contributed by atoms with Crippen LogP contribution in [0.4, 0.5) is 0 Å². The molecule has 0 bridgehead atoms. The summed E-state index contributed by atoms with van der Waals surface area (Å²) >= 11 is 0. The van der Waals surface area contributed by atoms with Crippen molar-refractivity contribution >= 4 is 5.91 Å². The highest BCUT2D eigenvalue weighted by atomic mass is 16.3. The van der Waals surface area contributed by atoms with Gasteiger partial charge in [-0.1, -0.05) is 173 Å². The Morgan fingerprint density at radius 1 is 0.490 bits per heavy atom. The molecule has 6 nitrogen and oxygen atoms in total. The normalized spacial score (nSPS) is 14.5. The van der Waals surface area contributed by atoms with Crippen molar-refractivity contribution in [1.29, 1.82) is 0 Å². The summed E-state index contributed by atoms with van der Waals surface area (Å²) in [5.74, 6) is -0.602. The minimum atomic E-state index is -1.28. The lowest BCUT2D eigenvalue weighted by Crippen LogP contribution is -2.53. The molecule has 6 heteroatoms. The fourth-order valence-corrected chi connectivity index (χ4v) is 6.46. The van der Waals surface area contributed by atoms with Gasteiger partial charge in [0.25, 0.3) is 0 Å². The van der Waals surface area contributed by atoms with E-state index in [1.807, 2.05) is 0 Å². The van der Waals surface area contributed by atoms with Gasteiger partial charge in [-0.15, -0.1) is 0 Å². The molecule has 49 heavy (non-hydrogen) atoms. The lowest BCUT2D eigenvalue weighted by molar-refractivity contribution is -0.132. The molecule has 0 spiro atoms. The molecule has 4 atom stereocenters. The van der Waals surface area contributed by atoms with E-state index in [4.69, 9.17) is 0 Å². The average Bonchev–Trinajstić information content (AvgIpc) is 3.11. The largest absolute Gasteiger partial charge is 0.394 e. The van der Waals surface area contributed by atoms with Crippen LogP contribution in [0.15, 0.2) is 24.3 Å². The van der Waals surface area contributed by atoms with Crippen LogP contribution in [0.5, 0.6) is 0 Å². The highest BCUT2D eigenvalue weighted by Crippen LogP contribution is 2.15. The van der Waals surface area contributed by atoms with Crippen LogP contribution in [0.3, 0.4) is 0 Å². The van der Waals surface area contributed by atoms with Crippen LogP contribution in [0.2, 0.25) is 0 Å². The van der Waals surface area contributed by atoms with E-state index < -0.39 is 36.9 Å². The Kier molecular flexibility index (Phi) is 37.1. The Balaban J connectivity index is 3.81. The van der Waals surface area contributed by atoms with E-state index >= 15 is 0 Å². The topological polar surface area (TPSA) is 110 Å². The molecule has 0 heterocycles. The summed E-state index contributed by atoms with van der Waals surface area (Å²) in [6, 6.07) is -1.00. The van der Waals surface area contributed by atoms with Crippen LogP contribution >= 0.6 is 0 Å². The summed E-state index contributed by atoms with van der Waals surface area (Å²) in [7, 11) is 0. The molecule has 0 saturated heterocycles. The number of allylic oxidation sites excluding steroid dienone is 4. The first-order valence-corrected chi connectivity index (χ1v) is 21.2. The fraction of sp³-hybridized carbons (Fsp3) is 0.884. The molecule has 0 aromatic rings. The molecule has 0 fully saturated rings. The van der Waals surface area contributed by atoms with Gasteiger partial charge in [-0.05, 0) is 64.2 Å². The Labute approximate surface area is 304 Å². The van der Waals surface area contributed by atoms with Gasteiger partial charge in [-0.2, -0.15) is 0 Å². The molecule has 0 aromatic carbocycles. The van der Waals surface area contributed by atoms with E-state index in [9.17, 15) is 25.2 Å². The van der Waals surface area contributed by atoms with Crippen LogP contribution in [-0.4, -0.2) is 57.3 Å². The van der Waals surface area contributed by atoms with Crippen molar-refractivity contribution in [1.82, 2.24) is 5.32 Å². The van der Waals surface area contributed by atoms with Gasteiger partial charge in [-0.25, -0.2) is 0 Å². The molecule has 0 aliphatic heterocycles. The third-order valence-electron chi connectivity index (χ3n) is 9.88. The van der Waals surface area contributed by atoms with Gasteiger partial charge < -0.3 is 25.7 Å². The second-order valence-electron chi connectivity index (χ2n) is 14.7. The van der Waals surface area contributed by atoms with Crippen molar-refractivity contribution < 1.29 is 25.2 Å². The van der Waals surface area contributed by atoms with E-state index in [2.05, 4.69) is 43.5 Å². The molecule has 0 saturated carbocycles. The molecule has 0 aliphatic carbocycles. The van der Waals surface area contributed by atoms with Crippen molar-refractivity contribution in [3.05, 3.63) is 24.3 Å². The van der Waals surface area contributed by atoms with Crippen LogP contribution in [0, 0.1) is 0 Å². The fourth-order valence-electron chi connectivity index (χ4n) is 6.46. The van der Waals surface area contributed by atoms with Crippen molar-refractivity contribution in [2.24, 2.45) is 0 Å². The Morgan fingerprint density at radius 2 is 0.837 bits per heavy atom. The second-order valence-corrected chi connectivity index (χ2v) is 14.7. The zero-order valence-electron chi connectivity index (χ0n) is 32.4. The number of nitrogens with one attached hydrogen (secondary N) is 1. The van der Waals surface area contributed by atoms with E-state index in [1.165, 1.54) is 135 Å². The van der Waals surface area contributed by atoms with Gasteiger partial charge in [-0.3, -0.25) is 4.79 Å². The van der Waals surface area contributed by atoms with E-state index in [0.29, 0.717) is 12.8 Å². The van der Waals surface area contributed by atoms with Crippen LogP contribution < -0.4 is 5.32 Å². The minimum absolute atomic E-state index is 0.350. The number of carbonyl (C=O) groups is 1. The smallest absolute Gasteiger partial charge is 0.249 e. The number of rotatable bonds is 38. The summed E-state index contributed by atoms with van der Waals surface area (Å²) in [6.07, 6.45) is 42.0. The number of unbranched alkanes of at least 4 members (excludes halogenated alkanes) is 25. The first-order chi connectivity index (χ1) is 24.0. The van der Waals surface area contributed by atoms with Crippen LogP contribution in [0.25, 0.3) is 0 Å². The maximum Gasteiger partial charge on any atom is 0.249 e. The highest BCUT2D eigenvalue weighted by Gasteiger charge is 2.28. The zero-order chi connectivity index (χ0) is 36.0. The molecule has 1 amide bonds. The van der Waals surface area contributed by atoms with Crippen LogP contribution in [-0.2, 0) is 4.79 Å². The molecule has 0 aromatic heterocycles. The van der Waals surface area contributed by atoms with E-state index in [0.717, 1.165) is 51.4 Å². The average molecular weight is 694 g/mol. The Bertz CT molecular complexity index is 742. The number of hydrogen-bond donors (Lipinski definition) is 5. The maximum absolute atomic E-state index is 12.5. The van der Waals surface area contributed by atoms with Gasteiger partial charge >= 0.3 is 0 Å². The lowest BCUT2D eigenvalue weighted by Gasteiger charge is -2.27. The molecule has 4 unspecified atom stereocenters. The van der Waals surface area contributed by atoms with E-state index in [1.54, 1.807) is 0 Å². The third-order valence-corrected chi connectivity index (χ3v) is 9.88. The second kappa shape index (κ2) is 38.0. The summed E-state index contributed by atoms with van der Waals surface area (Å²) < 4.78 is 0. The number of aliphatic hydroxyl groups is 4. The Morgan fingerprint density at radius 3 is 1.22 bits per heavy atom. The summed E-state index contributed by atoms with van der Waals surface area (Å²) in [4.78, 5) is 12.5. The van der Waals surface area contributed by atoms with Gasteiger partial charge in [0.1, 0.15) is 12.2 Å².